The number of carbonyl (C=O) groups excluding carboxylic acids is 1. The van der Waals surface area contributed by atoms with Crippen molar-refractivity contribution in [3.05, 3.63) is 35.9 Å². The van der Waals surface area contributed by atoms with Crippen LogP contribution in [0, 0.1) is 5.92 Å². The van der Waals surface area contributed by atoms with Crippen LogP contribution in [0.25, 0.3) is 0 Å². The fourth-order valence-corrected chi connectivity index (χ4v) is 2.10. The van der Waals surface area contributed by atoms with Gasteiger partial charge in [-0.05, 0) is 24.4 Å². The van der Waals surface area contributed by atoms with E-state index < -0.39 is 0 Å². The Morgan fingerprint density at radius 2 is 2.16 bits per heavy atom. The maximum Gasteiger partial charge on any atom is 0.407 e. The van der Waals surface area contributed by atoms with Crippen LogP contribution in [0.3, 0.4) is 0 Å². The van der Waals surface area contributed by atoms with Crippen molar-refractivity contribution in [2.45, 2.75) is 26.0 Å². The third kappa shape index (κ3) is 5.09. The van der Waals surface area contributed by atoms with Crippen LogP contribution in [-0.2, 0) is 11.3 Å². The molecule has 0 bridgehead atoms. The molecule has 5 heteroatoms. The van der Waals surface area contributed by atoms with E-state index in [1.165, 1.54) is 0 Å². The van der Waals surface area contributed by atoms with Crippen molar-refractivity contribution in [1.29, 1.82) is 0 Å². The number of benzene rings is 1. The van der Waals surface area contributed by atoms with Gasteiger partial charge in [-0.3, -0.25) is 0 Å². The van der Waals surface area contributed by atoms with Gasteiger partial charge >= 0.3 is 6.09 Å². The summed E-state index contributed by atoms with van der Waals surface area (Å²) in [4.78, 5) is 11.7. The highest BCUT2D eigenvalue weighted by atomic mass is 35.5. The number of carbonyl (C=O) groups is 1. The van der Waals surface area contributed by atoms with Crippen molar-refractivity contribution in [2.24, 2.45) is 5.92 Å². The lowest BCUT2D eigenvalue weighted by Crippen LogP contribution is -2.50. The lowest BCUT2D eigenvalue weighted by Gasteiger charge is -2.29. The van der Waals surface area contributed by atoms with E-state index in [-0.39, 0.29) is 24.5 Å². The molecule has 1 saturated heterocycles. The van der Waals surface area contributed by atoms with Gasteiger partial charge in [-0.25, -0.2) is 4.79 Å². The van der Waals surface area contributed by atoms with Gasteiger partial charge in [0.15, 0.2) is 0 Å². The number of rotatable bonds is 3. The summed E-state index contributed by atoms with van der Waals surface area (Å²) in [7, 11) is 0. The number of piperidine rings is 1. The third-order valence-corrected chi connectivity index (χ3v) is 3.34. The van der Waals surface area contributed by atoms with Crippen LogP contribution >= 0.6 is 12.4 Å². The molecule has 0 aromatic heterocycles. The van der Waals surface area contributed by atoms with Crippen LogP contribution in [-0.4, -0.2) is 25.2 Å². The molecular weight excluding hydrogens is 264 g/mol. The van der Waals surface area contributed by atoms with Crippen molar-refractivity contribution in [3.8, 4) is 0 Å². The molecule has 0 aliphatic carbocycles. The molecule has 106 valence electrons. The minimum Gasteiger partial charge on any atom is -0.445 e. The van der Waals surface area contributed by atoms with Crippen LogP contribution < -0.4 is 10.6 Å². The van der Waals surface area contributed by atoms with Crippen molar-refractivity contribution >= 4 is 18.5 Å². The number of alkyl carbamates (subject to hydrolysis) is 1. The Labute approximate surface area is 120 Å². The van der Waals surface area contributed by atoms with E-state index in [1.807, 2.05) is 30.3 Å². The first-order chi connectivity index (χ1) is 8.75. The zero-order chi connectivity index (χ0) is 12.8. The minimum absolute atomic E-state index is 0. The van der Waals surface area contributed by atoms with Crippen LogP contribution in [0.2, 0.25) is 0 Å². The maximum atomic E-state index is 11.7. The quantitative estimate of drug-likeness (QED) is 0.896. The molecule has 2 atom stereocenters. The van der Waals surface area contributed by atoms with Gasteiger partial charge in [0.05, 0.1) is 0 Å². The topological polar surface area (TPSA) is 50.4 Å². The number of hydrogen-bond donors (Lipinski definition) is 2. The highest BCUT2D eigenvalue weighted by molar-refractivity contribution is 5.85. The fraction of sp³-hybridized carbons (Fsp3) is 0.500. The SMILES string of the molecule is C[C@@H]1CCNC[C@@H]1NC(=O)OCc1ccccc1.Cl. The molecule has 2 N–H and O–H groups in total. The van der Waals surface area contributed by atoms with Crippen molar-refractivity contribution in [2.75, 3.05) is 13.1 Å². The van der Waals surface area contributed by atoms with Crippen molar-refractivity contribution in [3.63, 3.8) is 0 Å². The molecule has 1 heterocycles. The molecule has 19 heavy (non-hydrogen) atoms. The largest absolute Gasteiger partial charge is 0.445 e. The Balaban J connectivity index is 0.00000180. The normalized spacial score (nSPS) is 22.2. The number of amides is 1. The van der Waals surface area contributed by atoms with Crippen LogP contribution in [0.5, 0.6) is 0 Å². The van der Waals surface area contributed by atoms with Gasteiger partial charge in [0.25, 0.3) is 0 Å². The molecule has 4 nitrogen and oxygen atoms in total. The van der Waals surface area contributed by atoms with Crippen molar-refractivity contribution in [1.82, 2.24) is 10.6 Å². The Kier molecular flexibility index (Phi) is 6.67. The van der Waals surface area contributed by atoms with Gasteiger partial charge in [0, 0.05) is 12.6 Å². The number of hydrogen-bond acceptors (Lipinski definition) is 3. The highest BCUT2D eigenvalue weighted by Crippen LogP contribution is 2.11. The van der Waals surface area contributed by atoms with Crippen LogP contribution in [0.1, 0.15) is 18.9 Å². The molecule has 1 aromatic rings. The number of nitrogens with one attached hydrogen (secondary N) is 2. The molecule has 1 aromatic carbocycles. The lowest BCUT2D eigenvalue weighted by molar-refractivity contribution is 0.129. The van der Waals surface area contributed by atoms with E-state index in [4.69, 9.17) is 4.74 Å². The lowest BCUT2D eigenvalue weighted by atomic mass is 9.95. The average molecular weight is 285 g/mol. The zero-order valence-electron chi connectivity index (χ0n) is 11.1. The second-order valence-electron chi connectivity index (χ2n) is 4.78. The Morgan fingerprint density at radius 3 is 2.84 bits per heavy atom. The molecule has 1 fully saturated rings. The summed E-state index contributed by atoms with van der Waals surface area (Å²) in [5.41, 5.74) is 1.00. The molecule has 0 saturated carbocycles. The van der Waals surface area contributed by atoms with Crippen LogP contribution in [0.15, 0.2) is 30.3 Å². The van der Waals surface area contributed by atoms with Gasteiger partial charge < -0.3 is 15.4 Å². The molecule has 1 aliphatic rings. The summed E-state index contributed by atoms with van der Waals surface area (Å²) in [6, 6.07) is 9.87. The van der Waals surface area contributed by atoms with Gasteiger partial charge in [0.2, 0.25) is 0 Å². The first-order valence-electron chi connectivity index (χ1n) is 6.43. The molecule has 0 radical (unpaired) electrons. The summed E-state index contributed by atoms with van der Waals surface area (Å²) in [6.07, 6.45) is 0.753. The molecule has 1 amide bonds. The first kappa shape index (κ1) is 15.8. The molecule has 0 unspecified atom stereocenters. The summed E-state index contributed by atoms with van der Waals surface area (Å²) in [6.45, 7) is 4.32. The molecule has 0 spiro atoms. The Bertz CT molecular complexity index is 386. The molecular formula is C14H21ClN2O2. The monoisotopic (exact) mass is 284 g/mol. The second-order valence-corrected chi connectivity index (χ2v) is 4.78. The zero-order valence-corrected chi connectivity index (χ0v) is 11.9. The summed E-state index contributed by atoms with van der Waals surface area (Å²) in [5, 5.41) is 6.19. The Hall–Kier alpha value is -1.26. The highest BCUT2D eigenvalue weighted by Gasteiger charge is 2.22. The van der Waals surface area contributed by atoms with Gasteiger partial charge in [0.1, 0.15) is 6.61 Å². The minimum atomic E-state index is -0.334. The second kappa shape index (κ2) is 8.02. The maximum absolute atomic E-state index is 11.7. The first-order valence-corrected chi connectivity index (χ1v) is 6.43. The van der Waals surface area contributed by atoms with E-state index in [2.05, 4.69) is 17.6 Å². The van der Waals surface area contributed by atoms with Crippen molar-refractivity contribution < 1.29 is 9.53 Å². The van der Waals surface area contributed by atoms with Gasteiger partial charge in [-0.2, -0.15) is 0 Å². The van der Waals surface area contributed by atoms with E-state index in [0.717, 1.165) is 25.1 Å². The number of halogens is 1. The predicted octanol–water partition coefficient (Wildman–Crippen LogP) is 2.33. The average Bonchev–Trinajstić information content (AvgIpc) is 2.40. The van der Waals surface area contributed by atoms with Crippen LogP contribution in [0.4, 0.5) is 4.79 Å². The number of ether oxygens (including phenoxy) is 1. The van der Waals surface area contributed by atoms with Gasteiger partial charge in [-0.15, -0.1) is 12.4 Å². The smallest absolute Gasteiger partial charge is 0.407 e. The summed E-state index contributed by atoms with van der Waals surface area (Å²) >= 11 is 0. The standard InChI is InChI=1S/C14H20N2O2.ClH/c1-11-7-8-15-9-13(11)16-14(17)18-10-12-5-3-2-4-6-12;/h2-6,11,13,15H,7-10H2,1H3,(H,16,17);1H/t11-,13+;/m1./s1. The Morgan fingerprint density at radius 1 is 1.42 bits per heavy atom. The molecule has 2 rings (SSSR count). The summed E-state index contributed by atoms with van der Waals surface area (Å²) in [5.74, 6) is 0.496. The predicted molar refractivity (Wildman–Crippen MR) is 77.4 cm³/mol. The van der Waals surface area contributed by atoms with E-state index >= 15 is 0 Å². The summed E-state index contributed by atoms with van der Waals surface area (Å²) < 4.78 is 5.20. The van der Waals surface area contributed by atoms with E-state index in [0.29, 0.717) is 12.5 Å². The molecule has 1 aliphatic heterocycles. The van der Waals surface area contributed by atoms with Gasteiger partial charge in [-0.1, -0.05) is 37.3 Å². The van der Waals surface area contributed by atoms with E-state index in [1.54, 1.807) is 0 Å². The fourth-order valence-electron chi connectivity index (χ4n) is 2.10. The third-order valence-electron chi connectivity index (χ3n) is 3.34. The van der Waals surface area contributed by atoms with E-state index in [9.17, 15) is 4.79 Å².